The van der Waals surface area contributed by atoms with E-state index in [2.05, 4.69) is 10.5 Å². The molecule has 0 saturated carbocycles. The molecule has 1 aliphatic rings. The van der Waals surface area contributed by atoms with Gasteiger partial charge in [0.2, 0.25) is 10.0 Å². The molecule has 0 atom stereocenters. The quantitative estimate of drug-likeness (QED) is 0.390. The lowest BCUT2D eigenvalue weighted by Gasteiger charge is -2.33. The number of hydrogen-bond donors (Lipinski definition) is 1. The van der Waals surface area contributed by atoms with Crippen LogP contribution in [0, 0.1) is 17.0 Å². The number of amides is 1. The molecule has 10 nitrogen and oxygen atoms in total. The topological polar surface area (TPSA) is 125 Å². The number of nitrogens with zero attached hydrogens (tertiary/aromatic N) is 4. The van der Waals surface area contributed by atoms with Gasteiger partial charge in [0.25, 0.3) is 11.6 Å². The molecule has 1 amide bonds. The van der Waals surface area contributed by atoms with Crippen molar-refractivity contribution in [3.05, 3.63) is 69.8 Å². The molecule has 0 aromatic heterocycles. The van der Waals surface area contributed by atoms with Crippen LogP contribution >= 0.6 is 0 Å². The van der Waals surface area contributed by atoms with E-state index >= 15 is 0 Å². The van der Waals surface area contributed by atoms with Gasteiger partial charge in [-0.3, -0.25) is 19.8 Å². The maximum absolute atomic E-state index is 12.7. The molecule has 0 bridgehead atoms. The highest BCUT2D eigenvalue weighted by Crippen LogP contribution is 2.18. The molecule has 2 aromatic rings. The summed E-state index contributed by atoms with van der Waals surface area (Å²) in [6.07, 6.45) is 1.33. The Bertz CT molecular complexity index is 1080. The van der Waals surface area contributed by atoms with Crippen molar-refractivity contribution in [3.63, 3.8) is 0 Å². The van der Waals surface area contributed by atoms with Crippen LogP contribution in [-0.2, 0) is 14.8 Å². The number of carbonyl (C=O) groups is 1. The Morgan fingerprint density at radius 1 is 1.16 bits per heavy atom. The summed E-state index contributed by atoms with van der Waals surface area (Å²) in [4.78, 5) is 24.5. The highest BCUT2D eigenvalue weighted by atomic mass is 32.2. The van der Waals surface area contributed by atoms with E-state index in [1.54, 1.807) is 30.3 Å². The molecule has 1 fully saturated rings. The summed E-state index contributed by atoms with van der Waals surface area (Å²) < 4.78 is 26.9. The number of benzene rings is 2. The van der Waals surface area contributed by atoms with Crippen molar-refractivity contribution < 1.29 is 18.1 Å². The number of rotatable bonds is 7. The summed E-state index contributed by atoms with van der Waals surface area (Å²) in [6, 6.07) is 12.6. The van der Waals surface area contributed by atoms with Crippen LogP contribution in [0.15, 0.2) is 58.5 Å². The van der Waals surface area contributed by atoms with Gasteiger partial charge in [0, 0.05) is 43.9 Å². The van der Waals surface area contributed by atoms with Gasteiger partial charge >= 0.3 is 0 Å². The number of carbonyl (C=O) groups excluding carboxylic acids is 1. The van der Waals surface area contributed by atoms with E-state index in [4.69, 9.17) is 0 Å². The lowest BCUT2D eigenvalue weighted by molar-refractivity contribution is -0.384. The Morgan fingerprint density at radius 3 is 2.48 bits per heavy atom. The van der Waals surface area contributed by atoms with E-state index < -0.39 is 14.9 Å². The molecule has 1 N–H and O–H groups in total. The van der Waals surface area contributed by atoms with Gasteiger partial charge in [0.05, 0.1) is 22.6 Å². The van der Waals surface area contributed by atoms with Crippen LogP contribution in [0.5, 0.6) is 0 Å². The molecular formula is C20H23N5O5S. The third-order valence-corrected chi connectivity index (χ3v) is 6.75. The number of aryl methyl sites for hydroxylation is 1. The third kappa shape index (κ3) is 5.94. The molecule has 164 valence electrons. The fourth-order valence-corrected chi connectivity index (χ4v) is 4.55. The van der Waals surface area contributed by atoms with Crippen molar-refractivity contribution in [1.82, 2.24) is 14.6 Å². The van der Waals surface area contributed by atoms with Gasteiger partial charge in [-0.05, 0) is 19.1 Å². The first-order valence-electron chi connectivity index (χ1n) is 9.61. The minimum Gasteiger partial charge on any atom is -0.292 e. The summed E-state index contributed by atoms with van der Waals surface area (Å²) >= 11 is 0. The van der Waals surface area contributed by atoms with Gasteiger partial charge in [-0.1, -0.05) is 29.8 Å². The summed E-state index contributed by atoms with van der Waals surface area (Å²) in [5.74, 6) is -0.350. The smallest absolute Gasteiger partial charge is 0.270 e. The van der Waals surface area contributed by atoms with Crippen molar-refractivity contribution >= 4 is 27.8 Å². The fraction of sp³-hybridized carbons (Fsp3) is 0.300. The Kier molecular flexibility index (Phi) is 7.10. The first-order chi connectivity index (χ1) is 14.8. The van der Waals surface area contributed by atoms with E-state index in [0.29, 0.717) is 31.7 Å². The maximum atomic E-state index is 12.7. The van der Waals surface area contributed by atoms with Crippen molar-refractivity contribution in [2.24, 2.45) is 5.10 Å². The monoisotopic (exact) mass is 445 g/mol. The van der Waals surface area contributed by atoms with Crippen molar-refractivity contribution in [3.8, 4) is 0 Å². The number of non-ortho nitro benzene ring substituents is 1. The summed E-state index contributed by atoms with van der Waals surface area (Å²) in [6.45, 7) is 3.40. The number of hydrazone groups is 1. The minimum absolute atomic E-state index is 0.0614. The molecule has 0 spiro atoms. The van der Waals surface area contributed by atoms with Gasteiger partial charge in [-0.2, -0.15) is 9.41 Å². The van der Waals surface area contributed by atoms with E-state index in [1.807, 2.05) is 11.8 Å². The minimum atomic E-state index is -3.55. The lowest BCUT2D eigenvalue weighted by Crippen LogP contribution is -2.50. The highest BCUT2D eigenvalue weighted by molar-refractivity contribution is 7.89. The zero-order chi connectivity index (χ0) is 22.4. The Balaban J connectivity index is 1.48. The third-order valence-electron chi connectivity index (χ3n) is 4.84. The first-order valence-corrected chi connectivity index (χ1v) is 11.1. The second-order valence-electron chi connectivity index (χ2n) is 7.14. The SMILES string of the molecule is Cc1ccc(S(=O)(=O)N2CCN(CC(=O)N/N=C\c3cccc([N+](=O)[O-])c3)CC2)cc1. The highest BCUT2D eigenvalue weighted by Gasteiger charge is 2.28. The Hall–Kier alpha value is -3.15. The van der Waals surface area contributed by atoms with Gasteiger partial charge in [0.1, 0.15) is 0 Å². The molecule has 0 radical (unpaired) electrons. The largest absolute Gasteiger partial charge is 0.292 e. The van der Waals surface area contributed by atoms with Crippen LogP contribution in [-0.4, -0.2) is 67.4 Å². The molecule has 0 aliphatic carbocycles. The van der Waals surface area contributed by atoms with Crippen LogP contribution in [0.1, 0.15) is 11.1 Å². The standard InChI is InChI=1S/C20H23N5O5S/c1-16-5-7-19(8-6-16)31(29,30)24-11-9-23(10-12-24)15-20(26)22-21-14-17-3-2-4-18(13-17)25(27)28/h2-8,13-14H,9-12,15H2,1H3,(H,22,26)/b21-14-. The Labute approximate surface area is 180 Å². The van der Waals surface area contributed by atoms with Crippen LogP contribution in [0.4, 0.5) is 5.69 Å². The average Bonchev–Trinajstić information content (AvgIpc) is 2.74. The van der Waals surface area contributed by atoms with Crippen molar-refractivity contribution in [2.75, 3.05) is 32.7 Å². The molecule has 11 heteroatoms. The van der Waals surface area contributed by atoms with Crippen LogP contribution < -0.4 is 5.43 Å². The normalized spacial score (nSPS) is 15.8. The predicted octanol–water partition coefficient (Wildman–Crippen LogP) is 1.36. The lowest BCUT2D eigenvalue weighted by atomic mass is 10.2. The van der Waals surface area contributed by atoms with E-state index in [-0.39, 0.29) is 23.0 Å². The van der Waals surface area contributed by atoms with Crippen molar-refractivity contribution in [1.29, 1.82) is 0 Å². The molecular weight excluding hydrogens is 422 g/mol. The molecule has 2 aromatic carbocycles. The molecule has 1 saturated heterocycles. The fourth-order valence-electron chi connectivity index (χ4n) is 3.12. The molecule has 31 heavy (non-hydrogen) atoms. The van der Waals surface area contributed by atoms with E-state index in [0.717, 1.165) is 5.56 Å². The van der Waals surface area contributed by atoms with Gasteiger partial charge in [0.15, 0.2) is 0 Å². The number of nitro benzene ring substituents is 1. The summed E-state index contributed by atoms with van der Waals surface area (Å²) in [5, 5.41) is 14.6. The number of hydrogen-bond acceptors (Lipinski definition) is 7. The summed E-state index contributed by atoms with van der Waals surface area (Å²) in [7, 11) is -3.55. The number of piperazine rings is 1. The predicted molar refractivity (Wildman–Crippen MR) is 115 cm³/mol. The average molecular weight is 446 g/mol. The number of nitro groups is 1. The zero-order valence-corrected chi connectivity index (χ0v) is 17.8. The number of sulfonamides is 1. The molecule has 1 heterocycles. The Morgan fingerprint density at radius 2 is 1.84 bits per heavy atom. The first kappa shape index (κ1) is 22.5. The van der Waals surface area contributed by atoms with Gasteiger partial charge in [-0.15, -0.1) is 0 Å². The van der Waals surface area contributed by atoms with Crippen molar-refractivity contribution in [2.45, 2.75) is 11.8 Å². The molecule has 3 rings (SSSR count). The maximum Gasteiger partial charge on any atom is 0.270 e. The van der Waals surface area contributed by atoms with Crippen LogP contribution in [0.2, 0.25) is 0 Å². The second kappa shape index (κ2) is 9.77. The zero-order valence-electron chi connectivity index (χ0n) is 17.0. The van der Waals surface area contributed by atoms with E-state index in [9.17, 15) is 23.3 Å². The number of nitrogens with one attached hydrogen (secondary N) is 1. The van der Waals surface area contributed by atoms with Crippen LogP contribution in [0.3, 0.4) is 0 Å². The molecule has 0 unspecified atom stereocenters. The summed E-state index contributed by atoms with van der Waals surface area (Å²) in [5.41, 5.74) is 3.80. The van der Waals surface area contributed by atoms with Gasteiger partial charge in [-0.25, -0.2) is 13.8 Å². The molecule has 1 aliphatic heterocycles. The second-order valence-corrected chi connectivity index (χ2v) is 9.08. The van der Waals surface area contributed by atoms with Gasteiger partial charge < -0.3 is 0 Å². The van der Waals surface area contributed by atoms with Crippen LogP contribution in [0.25, 0.3) is 0 Å². The van der Waals surface area contributed by atoms with E-state index in [1.165, 1.54) is 28.7 Å².